The molecule has 2 N–H and O–H groups in total. The largest absolute Gasteiger partial charge is 0.385 e. The number of methoxy groups -OCH3 is 1. The van der Waals surface area contributed by atoms with Crippen LogP contribution in [-0.4, -0.2) is 44.3 Å². The zero-order valence-electron chi connectivity index (χ0n) is 15.8. The number of nitrogens with one attached hydrogen (secondary N) is 2. The predicted octanol–water partition coefficient (Wildman–Crippen LogP) is 3.76. The third-order valence-corrected chi connectivity index (χ3v) is 5.72. The van der Waals surface area contributed by atoms with Crippen molar-refractivity contribution in [3.05, 3.63) is 16.1 Å². The lowest BCUT2D eigenvalue weighted by atomic mass is 9.67. The molecule has 2 rings (SSSR count). The zero-order chi connectivity index (χ0) is 17.3. The first kappa shape index (κ1) is 22.6. The maximum atomic E-state index is 5.27. The highest BCUT2D eigenvalue weighted by molar-refractivity contribution is 14.0. The molecular formula is C18H33IN4OS. The molecule has 0 aliphatic heterocycles. The molecule has 25 heavy (non-hydrogen) atoms. The number of nitrogens with zero attached hydrogens (tertiary/aromatic N) is 2. The quantitative estimate of drug-likeness (QED) is 0.232. The highest BCUT2D eigenvalue weighted by atomic mass is 127. The van der Waals surface area contributed by atoms with Crippen molar-refractivity contribution in [3.8, 4) is 0 Å². The fraction of sp³-hybridized carbons (Fsp3) is 0.778. The molecule has 0 unspecified atom stereocenters. The Kier molecular flexibility index (Phi) is 10.9. The molecule has 1 saturated carbocycles. The van der Waals surface area contributed by atoms with Crippen molar-refractivity contribution < 1.29 is 4.74 Å². The first-order valence-electron chi connectivity index (χ1n) is 9.09. The van der Waals surface area contributed by atoms with E-state index in [-0.39, 0.29) is 24.0 Å². The van der Waals surface area contributed by atoms with E-state index >= 15 is 0 Å². The summed E-state index contributed by atoms with van der Waals surface area (Å²) < 4.78 is 5.27. The molecule has 0 aromatic carbocycles. The van der Waals surface area contributed by atoms with E-state index in [0.29, 0.717) is 5.41 Å². The summed E-state index contributed by atoms with van der Waals surface area (Å²) in [6.45, 7) is 7.72. The van der Waals surface area contributed by atoms with Gasteiger partial charge in [-0.05, 0) is 44.9 Å². The summed E-state index contributed by atoms with van der Waals surface area (Å²) in [6.07, 6.45) is 7.12. The van der Waals surface area contributed by atoms with Gasteiger partial charge in [-0.2, -0.15) is 0 Å². The molecule has 5 nitrogen and oxygen atoms in total. The van der Waals surface area contributed by atoms with Crippen molar-refractivity contribution >= 4 is 41.3 Å². The van der Waals surface area contributed by atoms with Crippen LogP contribution in [0.1, 0.15) is 49.7 Å². The van der Waals surface area contributed by atoms with Crippen molar-refractivity contribution in [1.82, 2.24) is 15.6 Å². The number of thiazole rings is 1. The molecule has 1 aromatic rings. The van der Waals surface area contributed by atoms with E-state index in [1.54, 1.807) is 18.4 Å². The maximum absolute atomic E-state index is 5.27. The van der Waals surface area contributed by atoms with E-state index in [2.05, 4.69) is 27.9 Å². The van der Waals surface area contributed by atoms with Gasteiger partial charge in [-0.25, -0.2) is 4.98 Å². The van der Waals surface area contributed by atoms with Gasteiger partial charge in [0.05, 0.1) is 5.01 Å². The number of hydrogen-bond acceptors (Lipinski definition) is 4. The van der Waals surface area contributed by atoms with Gasteiger partial charge >= 0.3 is 0 Å². The van der Waals surface area contributed by atoms with E-state index in [1.165, 1.54) is 24.3 Å². The number of aryl methyl sites for hydroxylation is 2. The molecule has 0 spiro atoms. The van der Waals surface area contributed by atoms with Crippen LogP contribution in [0.3, 0.4) is 0 Å². The van der Waals surface area contributed by atoms with Crippen LogP contribution in [0.4, 0.5) is 0 Å². The minimum Gasteiger partial charge on any atom is -0.385 e. The first-order chi connectivity index (χ1) is 11.7. The summed E-state index contributed by atoms with van der Waals surface area (Å²) in [6, 6.07) is 0. The minimum atomic E-state index is 0. The number of rotatable bonds is 10. The summed E-state index contributed by atoms with van der Waals surface area (Å²) in [5.74, 6) is 0.941. The number of halogens is 1. The van der Waals surface area contributed by atoms with Crippen LogP contribution in [0.15, 0.2) is 10.4 Å². The third-order valence-electron chi connectivity index (χ3n) is 4.69. The summed E-state index contributed by atoms with van der Waals surface area (Å²) in [7, 11) is 1.78. The summed E-state index contributed by atoms with van der Waals surface area (Å²) in [5.41, 5.74) is 1.50. The highest BCUT2D eigenvalue weighted by Gasteiger charge is 2.36. The van der Waals surface area contributed by atoms with Crippen LogP contribution >= 0.6 is 35.3 Å². The SMILES string of the molecule is CCNC(=NCC1(CCOC)CCC1)NCCCc1nc(C)cs1.I. The Morgan fingerprint density at radius 2 is 2.20 bits per heavy atom. The molecular weight excluding hydrogens is 447 g/mol. The molecule has 0 amide bonds. The standard InChI is InChI=1S/C18H32N4OS.HI/c1-4-19-17(20-11-5-7-16-22-15(2)13-24-16)21-14-18(8-6-9-18)10-12-23-3;/h13H,4-12,14H2,1-3H3,(H2,19,20,21);1H. The number of ether oxygens (including phenoxy) is 1. The van der Waals surface area contributed by atoms with Gasteiger partial charge in [0, 0.05) is 50.8 Å². The molecule has 0 bridgehead atoms. The fourth-order valence-electron chi connectivity index (χ4n) is 3.03. The number of aromatic nitrogens is 1. The van der Waals surface area contributed by atoms with Crippen LogP contribution < -0.4 is 10.6 Å². The van der Waals surface area contributed by atoms with Gasteiger partial charge in [-0.15, -0.1) is 35.3 Å². The monoisotopic (exact) mass is 480 g/mol. The molecule has 1 aliphatic rings. The number of aliphatic imine (C=N–C) groups is 1. The summed E-state index contributed by atoms with van der Waals surface area (Å²) in [4.78, 5) is 9.35. The average molecular weight is 480 g/mol. The van der Waals surface area contributed by atoms with Crippen molar-refractivity contribution in [3.63, 3.8) is 0 Å². The minimum absolute atomic E-state index is 0. The van der Waals surface area contributed by atoms with E-state index in [0.717, 1.165) is 57.2 Å². The molecule has 1 aromatic heterocycles. The highest BCUT2D eigenvalue weighted by Crippen LogP contribution is 2.44. The molecule has 0 saturated heterocycles. The van der Waals surface area contributed by atoms with Gasteiger partial charge in [0.25, 0.3) is 0 Å². The molecule has 7 heteroatoms. The summed E-state index contributed by atoms with van der Waals surface area (Å²) >= 11 is 1.75. The van der Waals surface area contributed by atoms with E-state index in [9.17, 15) is 0 Å². The third kappa shape index (κ3) is 7.78. The smallest absolute Gasteiger partial charge is 0.191 e. The Labute approximate surface area is 173 Å². The predicted molar refractivity (Wildman–Crippen MR) is 117 cm³/mol. The second-order valence-corrected chi connectivity index (χ2v) is 7.65. The van der Waals surface area contributed by atoms with Gasteiger partial charge in [-0.3, -0.25) is 4.99 Å². The van der Waals surface area contributed by atoms with E-state index < -0.39 is 0 Å². The second kappa shape index (κ2) is 12.1. The topological polar surface area (TPSA) is 58.5 Å². The summed E-state index contributed by atoms with van der Waals surface area (Å²) in [5, 5.41) is 10.2. The Morgan fingerprint density at radius 3 is 2.76 bits per heavy atom. The molecule has 0 atom stereocenters. The lowest BCUT2D eigenvalue weighted by Gasteiger charge is -2.40. The molecule has 1 fully saturated rings. The molecule has 1 aliphatic carbocycles. The molecule has 1 heterocycles. The van der Waals surface area contributed by atoms with E-state index in [4.69, 9.17) is 9.73 Å². The zero-order valence-corrected chi connectivity index (χ0v) is 18.9. The lowest BCUT2D eigenvalue weighted by Crippen LogP contribution is -2.40. The van der Waals surface area contributed by atoms with Gasteiger partial charge in [-0.1, -0.05) is 6.42 Å². The first-order valence-corrected chi connectivity index (χ1v) is 9.97. The van der Waals surface area contributed by atoms with Crippen LogP contribution in [0.2, 0.25) is 0 Å². The fourth-order valence-corrected chi connectivity index (χ4v) is 3.85. The maximum Gasteiger partial charge on any atom is 0.191 e. The van der Waals surface area contributed by atoms with Crippen LogP contribution in [0, 0.1) is 12.3 Å². The van der Waals surface area contributed by atoms with Crippen LogP contribution in [0.5, 0.6) is 0 Å². The Balaban J connectivity index is 0.00000312. The Bertz CT molecular complexity index is 517. The van der Waals surface area contributed by atoms with Gasteiger partial charge in [0.1, 0.15) is 0 Å². The van der Waals surface area contributed by atoms with Gasteiger partial charge in [0.15, 0.2) is 5.96 Å². The van der Waals surface area contributed by atoms with Crippen LogP contribution in [0.25, 0.3) is 0 Å². The van der Waals surface area contributed by atoms with Crippen LogP contribution in [-0.2, 0) is 11.2 Å². The van der Waals surface area contributed by atoms with Crippen molar-refractivity contribution in [2.45, 2.75) is 52.4 Å². The van der Waals surface area contributed by atoms with Crippen molar-refractivity contribution in [1.29, 1.82) is 0 Å². The molecule has 0 radical (unpaired) electrons. The van der Waals surface area contributed by atoms with Gasteiger partial charge in [0.2, 0.25) is 0 Å². The second-order valence-electron chi connectivity index (χ2n) is 6.70. The average Bonchev–Trinajstić information content (AvgIpc) is 2.95. The number of guanidine groups is 1. The van der Waals surface area contributed by atoms with Crippen molar-refractivity contribution in [2.24, 2.45) is 10.4 Å². The lowest BCUT2D eigenvalue weighted by molar-refractivity contribution is 0.0778. The Morgan fingerprint density at radius 1 is 1.40 bits per heavy atom. The Hall–Kier alpha value is -0.410. The number of hydrogen-bond donors (Lipinski definition) is 2. The molecule has 144 valence electrons. The van der Waals surface area contributed by atoms with E-state index in [1.807, 2.05) is 6.92 Å². The van der Waals surface area contributed by atoms with Crippen molar-refractivity contribution in [2.75, 3.05) is 33.4 Å². The van der Waals surface area contributed by atoms with Gasteiger partial charge < -0.3 is 15.4 Å². The normalized spacial score (nSPS) is 16.0.